The first-order valence-electron chi connectivity index (χ1n) is 6.37. The molecule has 106 valence electrons. The number of benzene rings is 2. The van der Waals surface area contributed by atoms with Crippen molar-refractivity contribution >= 4 is 9.84 Å². The van der Waals surface area contributed by atoms with Gasteiger partial charge in [0, 0.05) is 0 Å². The Bertz CT molecular complexity index is 704. The van der Waals surface area contributed by atoms with E-state index in [1.165, 1.54) is 24.3 Å². The van der Waals surface area contributed by atoms with Crippen molar-refractivity contribution in [1.29, 1.82) is 0 Å². The highest BCUT2D eigenvalue weighted by molar-refractivity contribution is 7.89. The van der Waals surface area contributed by atoms with Gasteiger partial charge < -0.3 is 0 Å². The second-order valence-corrected chi connectivity index (χ2v) is 7.15. The third-order valence-electron chi connectivity index (χ3n) is 3.18. The summed E-state index contributed by atoms with van der Waals surface area (Å²) < 4.78 is 37.3. The van der Waals surface area contributed by atoms with Gasteiger partial charge in [0.15, 0.2) is 9.84 Å². The zero-order valence-corrected chi connectivity index (χ0v) is 12.4. The van der Waals surface area contributed by atoms with Gasteiger partial charge >= 0.3 is 0 Å². The Kier molecular flexibility index (Phi) is 4.23. The van der Waals surface area contributed by atoms with E-state index < -0.39 is 9.84 Å². The molecule has 2 aromatic carbocycles. The molecule has 20 heavy (non-hydrogen) atoms. The summed E-state index contributed by atoms with van der Waals surface area (Å²) in [4.78, 5) is 0. The van der Waals surface area contributed by atoms with Crippen LogP contribution in [0.3, 0.4) is 0 Å². The van der Waals surface area contributed by atoms with E-state index in [0.29, 0.717) is 5.56 Å². The second kappa shape index (κ2) is 5.75. The molecule has 0 fully saturated rings. The monoisotopic (exact) mass is 292 g/mol. The fourth-order valence-electron chi connectivity index (χ4n) is 2.08. The maximum Gasteiger partial charge on any atom is 0.158 e. The lowest BCUT2D eigenvalue weighted by Crippen LogP contribution is -2.09. The molecule has 0 aliphatic heterocycles. The standard InChI is InChI=1S/C16H17FO2S/c1-12-3-4-13(2)15(9-12)11-20(18,19)10-14-5-7-16(17)8-6-14/h3-9H,10-11H2,1-2H3. The molecule has 0 amide bonds. The molecular weight excluding hydrogens is 275 g/mol. The van der Waals surface area contributed by atoms with Crippen LogP contribution in [0.25, 0.3) is 0 Å². The van der Waals surface area contributed by atoms with Gasteiger partial charge in [0.2, 0.25) is 0 Å². The van der Waals surface area contributed by atoms with Gasteiger partial charge in [0.25, 0.3) is 0 Å². The summed E-state index contributed by atoms with van der Waals surface area (Å²) in [6, 6.07) is 11.4. The molecule has 4 heteroatoms. The van der Waals surface area contributed by atoms with Gasteiger partial charge in [0.1, 0.15) is 5.82 Å². The van der Waals surface area contributed by atoms with Crippen molar-refractivity contribution in [2.75, 3.05) is 0 Å². The van der Waals surface area contributed by atoms with Crippen LogP contribution in [0.2, 0.25) is 0 Å². The van der Waals surface area contributed by atoms with Crippen molar-refractivity contribution in [3.05, 3.63) is 70.5 Å². The molecule has 0 spiro atoms. The maximum atomic E-state index is 12.8. The van der Waals surface area contributed by atoms with Crippen LogP contribution in [0.4, 0.5) is 4.39 Å². The van der Waals surface area contributed by atoms with Crippen LogP contribution in [0.5, 0.6) is 0 Å². The molecule has 0 aliphatic carbocycles. The molecule has 0 saturated heterocycles. The first-order valence-corrected chi connectivity index (χ1v) is 8.19. The van der Waals surface area contributed by atoms with E-state index in [0.717, 1.165) is 16.7 Å². The Balaban J connectivity index is 2.19. The van der Waals surface area contributed by atoms with Crippen molar-refractivity contribution < 1.29 is 12.8 Å². The van der Waals surface area contributed by atoms with Gasteiger partial charge in [-0.2, -0.15) is 0 Å². The molecular formula is C16H17FO2S. The van der Waals surface area contributed by atoms with E-state index in [2.05, 4.69) is 0 Å². The molecule has 0 radical (unpaired) electrons. The predicted octanol–water partition coefficient (Wildman–Crippen LogP) is 3.56. The number of hydrogen-bond donors (Lipinski definition) is 0. The molecule has 0 aromatic heterocycles. The molecule has 0 saturated carbocycles. The Labute approximate surface area is 119 Å². The van der Waals surface area contributed by atoms with Gasteiger partial charge in [-0.15, -0.1) is 0 Å². The van der Waals surface area contributed by atoms with Crippen molar-refractivity contribution in [1.82, 2.24) is 0 Å². The minimum absolute atomic E-state index is 0.0118. The summed E-state index contributed by atoms with van der Waals surface area (Å²) in [6.45, 7) is 3.84. The zero-order valence-electron chi connectivity index (χ0n) is 11.6. The average molecular weight is 292 g/mol. The third-order valence-corrected chi connectivity index (χ3v) is 4.70. The van der Waals surface area contributed by atoms with Crippen LogP contribution in [0.1, 0.15) is 22.3 Å². The zero-order chi connectivity index (χ0) is 14.8. The summed E-state index contributed by atoms with van der Waals surface area (Å²) in [5.74, 6) is -0.417. The summed E-state index contributed by atoms with van der Waals surface area (Å²) in [6.07, 6.45) is 0. The number of aryl methyl sites for hydroxylation is 2. The summed E-state index contributed by atoms with van der Waals surface area (Å²) in [5.41, 5.74) is 3.45. The number of hydrogen-bond acceptors (Lipinski definition) is 2. The van der Waals surface area contributed by atoms with E-state index in [-0.39, 0.29) is 17.3 Å². The lowest BCUT2D eigenvalue weighted by atomic mass is 10.1. The number of halogens is 1. The predicted molar refractivity (Wildman–Crippen MR) is 78.6 cm³/mol. The van der Waals surface area contributed by atoms with Crippen LogP contribution in [-0.4, -0.2) is 8.42 Å². The van der Waals surface area contributed by atoms with Crippen LogP contribution < -0.4 is 0 Å². The molecule has 2 rings (SSSR count). The molecule has 2 nitrogen and oxygen atoms in total. The van der Waals surface area contributed by atoms with Crippen molar-refractivity contribution in [2.24, 2.45) is 0 Å². The SMILES string of the molecule is Cc1ccc(C)c(CS(=O)(=O)Cc2ccc(F)cc2)c1. The van der Waals surface area contributed by atoms with Crippen LogP contribution >= 0.6 is 0 Å². The molecule has 0 unspecified atom stereocenters. The number of sulfone groups is 1. The Hall–Kier alpha value is -1.68. The van der Waals surface area contributed by atoms with Gasteiger partial charge in [-0.3, -0.25) is 0 Å². The molecule has 0 heterocycles. The molecule has 2 aromatic rings. The first-order chi connectivity index (χ1) is 9.35. The van der Waals surface area contributed by atoms with Crippen molar-refractivity contribution in [3.8, 4) is 0 Å². The third kappa shape index (κ3) is 3.90. The van der Waals surface area contributed by atoms with Gasteiger partial charge in [-0.1, -0.05) is 35.9 Å². The fraction of sp³-hybridized carbons (Fsp3) is 0.250. The summed E-state index contributed by atoms with van der Waals surface area (Å²) >= 11 is 0. The van der Waals surface area contributed by atoms with E-state index in [1.807, 2.05) is 32.0 Å². The molecule has 0 atom stereocenters. The van der Waals surface area contributed by atoms with E-state index in [4.69, 9.17) is 0 Å². The maximum absolute atomic E-state index is 12.8. The van der Waals surface area contributed by atoms with Crippen LogP contribution in [0, 0.1) is 19.7 Å². The molecule has 0 bridgehead atoms. The highest BCUT2D eigenvalue weighted by atomic mass is 32.2. The Morgan fingerprint density at radius 3 is 2.25 bits per heavy atom. The lowest BCUT2D eigenvalue weighted by Gasteiger charge is -2.08. The Morgan fingerprint density at radius 1 is 0.950 bits per heavy atom. The van der Waals surface area contributed by atoms with Gasteiger partial charge in [0.05, 0.1) is 11.5 Å². The van der Waals surface area contributed by atoms with E-state index in [1.54, 1.807) is 0 Å². The normalized spacial score (nSPS) is 11.6. The van der Waals surface area contributed by atoms with Gasteiger partial charge in [-0.05, 0) is 42.7 Å². The second-order valence-electron chi connectivity index (χ2n) is 5.09. The molecule has 0 N–H and O–H groups in total. The average Bonchev–Trinajstić information content (AvgIpc) is 2.36. The fourth-order valence-corrected chi connectivity index (χ4v) is 3.67. The highest BCUT2D eigenvalue weighted by Gasteiger charge is 2.14. The van der Waals surface area contributed by atoms with Crippen LogP contribution in [-0.2, 0) is 21.3 Å². The topological polar surface area (TPSA) is 34.1 Å². The minimum atomic E-state index is -3.26. The van der Waals surface area contributed by atoms with Crippen LogP contribution in [0.15, 0.2) is 42.5 Å². The summed E-state index contributed by atoms with van der Waals surface area (Å²) in [5, 5.41) is 0. The first kappa shape index (κ1) is 14.7. The van der Waals surface area contributed by atoms with Crippen molar-refractivity contribution in [3.63, 3.8) is 0 Å². The largest absolute Gasteiger partial charge is 0.228 e. The van der Waals surface area contributed by atoms with E-state index in [9.17, 15) is 12.8 Å². The van der Waals surface area contributed by atoms with E-state index >= 15 is 0 Å². The number of rotatable bonds is 4. The minimum Gasteiger partial charge on any atom is -0.228 e. The van der Waals surface area contributed by atoms with Crippen molar-refractivity contribution in [2.45, 2.75) is 25.4 Å². The quantitative estimate of drug-likeness (QED) is 0.863. The highest BCUT2D eigenvalue weighted by Crippen LogP contribution is 2.17. The van der Waals surface area contributed by atoms with Gasteiger partial charge in [-0.25, -0.2) is 12.8 Å². The molecule has 0 aliphatic rings. The smallest absolute Gasteiger partial charge is 0.158 e. The lowest BCUT2D eigenvalue weighted by molar-refractivity contribution is 0.594. The Morgan fingerprint density at radius 2 is 1.60 bits per heavy atom. The summed E-state index contributed by atoms with van der Waals surface area (Å²) in [7, 11) is -3.26.